The Morgan fingerprint density at radius 3 is 2.65 bits per heavy atom. The molecule has 0 aliphatic carbocycles. The summed E-state index contributed by atoms with van der Waals surface area (Å²) in [5, 5.41) is 0. The number of piperidine rings is 1. The molecule has 0 bridgehead atoms. The van der Waals surface area contributed by atoms with Gasteiger partial charge >= 0.3 is 6.18 Å². The molecule has 0 amide bonds. The molecule has 1 fully saturated rings. The summed E-state index contributed by atoms with van der Waals surface area (Å²) in [4.78, 5) is 9.88. The molecule has 1 aliphatic rings. The highest BCUT2D eigenvalue weighted by atomic mass is 32.2. The van der Waals surface area contributed by atoms with Crippen molar-refractivity contribution in [3.8, 4) is 22.8 Å². The summed E-state index contributed by atoms with van der Waals surface area (Å²) in [6, 6.07) is 9.95. The van der Waals surface area contributed by atoms with Crippen molar-refractivity contribution >= 4 is 17.6 Å². The van der Waals surface area contributed by atoms with Crippen molar-refractivity contribution in [2.75, 3.05) is 30.1 Å². The molecular weight excluding hydrogens is 508 g/mol. The van der Waals surface area contributed by atoms with Gasteiger partial charge in [0.15, 0.2) is 0 Å². The van der Waals surface area contributed by atoms with Crippen molar-refractivity contribution in [3.05, 3.63) is 66.4 Å². The van der Waals surface area contributed by atoms with Gasteiger partial charge in [-0.1, -0.05) is 24.9 Å². The van der Waals surface area contributed by atoms with E-state index in [4.69, 9.17) is 9.47 Å². The second kappa shape index (κ2) is 12.5. The van der Waals surface area contributed by atoms with Gasteiger partial charge in [-0.3, -0.25) is 9.88 Å². The Balaban J connectivity index is 1.47. The van der Waals surface area contributed by atoms with E-state index in [1.54, 1.807) is 24.5 Å². The average Bonchev–Trinajstić information content (AvgIpc) is 2.88. The minimum Gasteiger partial charge on any atom is -0.490 e. The summed E-state index contributed by atoms with van der Waals surface area (Å²) in [7, 11) is 0. The molecule has 0 unspecified atom stereocenters. The topological polar surface area (TPSA) is 59.5 Å². The lowest BCUT2D eigenvalue weighted by Gasteiger charge is -2.32. The molecular formula is C26H28F4N4O2S. The second-order valence-electron chi connectivity index (χ2n) is 8.61. The summed E-state index contributed by atoms with van der Waals surface area (Å²) in [5.74, 6) is 1.20. The monoisotopic (exact) mass is 536 g/mol. The standard InChI is InChI=1S/C26H28F4N4O2S/c1-2-37-33-24-12-19(15-32-25(24)35-16-18-4-3-9-31-14-18)22-13-21(5-6-23(22)27)36-20-7-10-34(11-8-20)17-26(28,29)30/h3-6,9,12-15,20,33H,2,7-8,10-11,16-17H2,1H3. The number of benzene rings is 1. The van der Waals surface area contributed by atoms with Crippen molar-refractivity contribution in [1.29, 1.82) is 0 Å². The van der Waals surface area contributed by atoms with Crippen molar-refractivity contribution in [2.45, 2.75) is 38.7 Å². The van der Waals surface area contributed by atoms with Gasteiger partial charge in [0, 0.05) is 54.1 Å². The number of hydrogen-bond donors (Lipinski definition) is 1. The van der Waals surface area contributed by atoms with Crippen LogP contribution in [-0.2, 0) is 6.61 Å². The molecule has 0 radical (unpaired) electrons. The first-order valence-electron chi connectivity index (χ1n) is 12.0. The molecule has 4 rings (SSSR count). The molecule has 1 aliphatic heterocycles. The van der Waals surface area contributed by atoms with Gasteiger partial charge in [0.1, 0.15) is 30.0 Å². The Bertz CT molecular complexity index is 1160. The van der Waals surface area contributed by atoms with Crippen LogP contribution in [0.3, 0.4) is 0 Å². The highest BCUT2D eigenvalue weighted by Gasteiger charge is 2.33. The number of likely N-dealkylation sites (tertiary alicyclic amines) is 1. The summed E-state index contributed by atoms with van der Waals surface area (Å²) in [6.07, 6.45) is 1.43. The van der Waals surface area contributed by atoms with Gasteiger partial charge in [0.2, 0.25) is 5.88 Å². The second-order valence-corrected chi connectivity index (χ2v) is 9.68. The molecule has 198 valence electrons. The highest BCUT2D eigenvalue weighted by molar-refractivity contribution is 8.00. The molecule has 1 saturated heterocycles. The van der Waals surface area contributed by atoms with Crippen LogP contribution in [0, 0.1) is 5.82 Å². The lowest BCUT2D eigenvalue weighted by molar-refractivity contribution is -0.149. The van der Waals surface area contributed by atoms with Gasteiger partial charge in [0.25, 0.3) is 0 Å². The van der Waals surface area contributed by atoms with E-state index in [0.29, 0.717) is 54.4 Å². The van der Waals surface area contributed by atoms with Gasteiger partial charge in [-0.05, 0) is 43.2 Å². The van der Waals surface area contributed by atoms with Gasteiger partial charge in [-0.25, -0.2) is 9.37 Å². The Hall–Kier alpha value is -3.05. The molecule has 2 aromatic heterocycles. The Labute approximate surface area is 217 Å². The van der Waals surface area contributed by atoms with E-state index in [1.165, 1.54) is 35.2 Å². The third kappa shape index (κ3) is 7.96. The smallest absolute Gasteiger partial charge is 0.401 e. The minimum absolute atomic E-state index is 0.234. The lowest BCUT2D eigenvalue weighted by Crippen LogP contribution is -2.42. The molecule has 3 heterocycles. The number of pyridine rings is 2. The number of nitrogens with one attached hydrogen (secondary N) is 1. The Morgan fingerprint density at radius 1 is 1.14 bits per heavy atom. The first-order chi connectivity index (χ1) is 17.8. The molecule has 0 spiro atoms. The maximum absolute atomic E-state index is 14.8. The van der Waals surface area contributed by atoms with Crippen LogP contribution >= 0.6 is 11.9 Å². The average molecular weight is 537 g/mol. The van der Waals surface area contributed by atoms with Crippen LogP contribution in [0.15, 0.2) is 55.0 Å². The van der Waals surface area contributed by atoms with Crippen LogP contribution in [0.25, 0.3) is 11.1 Å². The largest absolute Gasteiger partial charge is 0.490 e. The van der Waals surface area contributed by atoms with E-state index in [9.17, 15) is 17.6 Å². The zero-order valence-corrected chi connectivity index (χ0v) is 21.1. The van der Waals surface area contributed by atoms with Crippen molar-refractivity contribution in [2.24, 2.45) is 0 Å². The summed E-state index contributed by atoms with van der Waals surface area (Å²) in [5.41, 5.74) is 2.34. The zero-order chi connectivity index (χ0) is 26.3. The van der Waals surface area contributed by atoms with Crippen LogP contribution < -0.4 is 14.2 Å². The molecule has 0 saturated carbocycles. The fourth-order valence-corrected chi connectivity index (χ4v) is 4.45. The number of alkyl halides is 3. The number of anilines is 1. The lowest BCUT2D eigenvalue weighted by atomic mass is 10.1. The summed E-state index contributed by atoms with van der Waals surface area (Å²) >= 11 is 1.46. The van der Waals surface area contributed by atoms with Crippen LogP contribution in [0.4, 0.5) is 23.2 Å². The fourth-order valence-electron chi connectivity index (χ4n) is 4.00. The van der Waals surface area contributed by atoms with Crippen LogP contribution in [-0.4, -0.2) is 52.5 Å². The van der Waals surface area contributed by atoms with E-state index in [1.807, 2.05) is 19.1 Å². The van der Waals surface area contributed by atoms with Crippen LogP contribution in [0.2, 0.25) is 0 Å². The number of rotatable bonds is 10. The molecule has 3 aromatic rings. The first kappa shape index (κ1) is 27.0. The quantitative estimate of drug-likeness (QED) is 0.239. The third-order valence-corrected chi connectivity index (χ3v) is 6.42. The SMILES string of the molecule is CCSNc1cc(-c2cc(OC3CCN(CC(F)(F)F)CC3)ccc2F)cnc1OCc1cccnc1. The van der Waals surface area contributed by atoms with Crippen molar-refractivity contribution in [3.63, 3.8) is 0 Å². The predicted octanol–water partition coefficient (Wildman–Crippen LogP) is 6.35. The first-order valence-corrected chi connectivity index (χ1v) is 12.9. The molecule has 37 heavy (non-hydrogen) atoms. The third-order valence-electron chi connectivity index (χ3n) is 5.77. The number of hydrogen-bond acceptors (Lipinski definition) is 7. The van der Waals surface area contributed by atoms with Gasteiger partial charge in [-0.2, -0.15) is 13.2 Å². The fraction of sp³-hybridized carbons (Fsp3) is 0.385. The van der Waals surface area contributed by atoms with Crippen molar-refractivity contribution < 1.29 is 27.0 Å². The van der Waals surface area contributed by atoms with E-state index in [2.05, 4.69) is 14.7 Å². The van der Waals surface area contributed by atoms with E-state index < -0.39 is 18.5 Å². The maximum atomic E-state index is 14.8. The number of halogens is 4. The van der Waals surface area contributed by atoms with Crippen LogP contribution in [0.5, 0.6) is 11.6 Å². The molecule has 1 N–H and O–H groups in total. The molecule has 0 atom stereocenters. The Morgan fingerprint density at radius 2 is 1.95 bits per heavy atom. The van der Waals surface area contributed by atoms with Crippen LogP contribution in [0.1, 0.15) is 25.3 Å². The maximum Gasteiger partial charge on any atom is 0.401 e. The molecule has 11 heteroatoms. The van der Waals surface area contributed by atoms with Crippen molar-refractivity contribution in [1.82, 2.24) is 14.9 Å². The van der Waals surface area contributed by atoms with Gasteiger partial charge in [0.05, 0.1) is 6.54 Å². The highest BCUT2D eigenvalue weighted by Crippen LogP contribution is 2.34. The zero-order valence-electron chi connectivity index (χ0n) is 20.3. The van der Waals surface area contributed by atoms with E-state index in [-0.39, 0.29) is 12.7 Å². The normalized spacial score (nSPS) is 14.9. The van der Waals surface area contributed by atoms with E-state index >= 15 is 0 Å². The Kier molecular flexibility index (Phi) is 9.09. The van der Waals surface area contributed by atoms with E-state index in [0.717, 1.165) is 11.3 Å². The number of ether oxygens (including phenoxy) is 2. The number of nitrogens with zero attached hydrogens (tertiary/aromatic N) is 3. The number of aromatic nitrogens is 2. The van der Waals surface area contributed by atoms with Gasteiger partial charge < -0.3 is 14.2 Å². The summed E-state index contributed by atoms with van der Waals surface area (Å²) < 4.78 is 67.9. The predicted molar refractivity (Wildman–Crippen MR) is 136 cm³/mol. The molecule has 6 nitrogen and oxygen atoms in total. The molecule has 1 aromatic carbocycles. The summed E-state index contributed by atoms with van der Waals surface area (Å²) in [6.45, 7) is 1.96. The minimum atomic E-state index is -4.21. The van der Waals surface area contributed by atoms with Gasteiger partial charge in [-0.15, -0.1) is 0 Å².